The number of hydrogen-bond acceptors (Lipinski definition) is 5. The van der Waals surface area contributed by atoms with Crippen LogP contribution in [0.25, 0.3) is 0 Å². The number of carboxylic acids is 1. The number of carbonyl (C=O) groups excluding carboxylic acids is 1. The Kier molecular flexibility index (Phi) is 4.19. The molecule has 6 nitrogen and oxygen atoms in total. The van der Waals surface area contributed by atoms with E-state index in [-0.39, 0.29) is 24.6 Å². The van der Waals surface area contributed by atoms with E-state index >= 15 is 0 Å². The van der Waals surface area contributed by atoms with Gasteiger partial charge in [-0.25, -0.2) is 4.98 Å². The zero-order valence-corrected chi connectivity index (χ0v) is 8.71. The maximum atomic E-state index is 11.4. The van der Waals surface area contributed by atoms with Gasteiger partial charge >= 0.3 is 5.97 Å². The zero-order valence-electron chi connectivity index (χ0n) is 7.90. The van der Waals surface area contributed by atoms with Crippen molar-refractivity contribution >= 4 is 23.2 Å². The maximum Gasteiger partial charge on any atom is 0.305 e. The van der Waals surface area contributed by atoms with Crippen molar-refractivity contribution in [1.29, 1.82) is 0 Å². The summed E-state index contributed by atoms with van der Waals surface area (Å²) in [5.74, 6) is -1.32. The molecule has 1 heterocycles. The van der Waals surface area contributed by atoms with Crippen molar-refractivity contribution in [1.82, 2.24) is 10.3 Å². The standard InChI is InChI=1S/C8H11N3O3S/c9-3-6-11-5(4-15-6)8(14)10-2-1-7(12)13/h4H,1-3,9H2,(H,10,14)(H,12,13). The highest BCUT2D eigenvalue weighted by atomic mass is 32.1. The number of nitrogens with two attached hydrogens (primary N) is 1. The second-order valence-corrected chi connectivity index (χ2v) is 3.67. The van der Waals surface area contributed by atoms with Gasteiger partial charge in [0, 0.05) is 18.5 Å². The zero-order chi connectivity index (χ0) is 11.3. The van der Waals surface area contributed by atoms with Gasteiger partial charge in [0.25, 0.3) is 5.91 Å². The molecule has 0 atom stereocenters. The first-order valence-electron chi connectivity index (χ1n) is 4.28. The Labute approximate surface area is 90.1 Å². The Hall–Kier alpha value is -1.47. The van der Waals surface area contributed by atoms with E-state index < -0.39 is 5.97 Å². The highest BCUT2D eigenvalue weighted by Gasteiger charge is 2.09. The number of rotatable bonds is 5. The van der Waals surface area contributed by atoms with E-state index in [1.54, 1.807) is 5.38 Å². The van der Waals surface area contributed by atoms with E-state index in [0.29, 0.717) is 11.6 Å². The Morgan fingerprint density at radius 3 is 2.87 bits per heavy atom. The van der Waals surface area contributed by atoms with Gasteiger partial charge in [-0.1, -0.05) is 0 Å². The first kappa shape index (κ1) is 11.6. The minimum Gasteiger partial charge on any atom is -0.481 e. The van der Waals surface area contributed by atoms with Crippen molar-refractivity contribution in [3.8, 4) is 0 Å². The summed E-state index contributed by atoms with van der Waals surface area (Å²) >= 11 is 1.30. The molecule has 0 spiro atoms. The van der Waals surface area contributed by atoms with E-state index in [1.165, 1.54) is 11.3 Å². The quantitative estimate of drug-likeness (QED) is 0.648. The van der Waals surface area contributed by atoms with Gasteiger partial charge < -0.3 is 16.2 Å². The van der Waals surface area contributed by atoms with Crippen molar-refractivity contribution in [2.75, 3.05) is 6.54 Å². The topological polar surface area (TPSA) is 105 Å². The van der Waals surface area contributed by atoms with Gasteiger partial charge in [-0.05, 0) is 0 Å². The summed E-state index contributed by atoms with van der Waals surface area (Å²) in [5.41, 5.74) is 5.62. The molecule has 4 N–H and O–H groups in total. The smallest absolute Gasteiger partial charge is 0.305 e. The van der Waals surface area contributed by atoms with E-state index in [9.17, 15) is 9.59 Å². The van der Waals surface area contributed by atoms with Gasteiger partial charge in [-0.3, -0.25) is 9.59 Å². The highest BCUT2D eigenvalue weighted by molar-refractivity contribution is 7.09. The van der Waals surface area contributed by atoms with Crippen molar-refractivity contribution in [2.45, 2.75) is 13.0 Å². The van der Waals surface area contributed by atoms with Crippen molar-refractivity contribution in [3.63, 3.8) is 0 Å². The number of thiazole rings is 1. The molecule has 1 aromatic heterocycles. The molecular formula is C8H11N3O3S. The summed E-state index contributed by atoms with van der Waals surface area (Å²) in [6.45, 7) is 0.400. The molecule has 15 heavy (non-hydrogen) atoms. The third kappa shape index (κ3) is 3.64. The fourth-order valence-electron chi connectivity index (χ4n) is 0.882. The number of carbonyl (C=O) groups is 2. The van der Waals surface area contributed by atoms with Crippen LogP contribution in [0.4, 0.5) is 0 Å². The van der Waals surface area contributed by atoms with Crippen LogP contribution < -0.4 is 11.1 Å². The van der Waals surface area contributed by atoms with Crippen LogP contribution in [-0.2, 0) is 11.3 Å². The summed E-state index contributed by atoms with van der Waals surface area (Å²) in [6, 6.07) is 0. The van der Waals surface area contributed by atoms with E-state index in [4.69, 9.17) is 10.8 Å². The lowest BCUT2D eigenvalue weighted by Gasteiger charge is -1.99. The van der Waals surface area contributed by atoms with Gasteiger partial charge in [-0.15, -0.1) is 11.3 Å². The van der Waals surface area contributed by atoms with Crippen LogP contribution in [0.5, 0.6) is 0 Å². The lowest BCUT2D eigenvalue weighted by atomic mass is 10.4. The molecule has 0 aromatic carbocycles. The Balaban J connectivity index is 2.43. The molecule has 0 bridgehead atoms. The Bertz CT molecular complexity index is 364. The maximum absolute atomic E-state index is 11.4. The molecule has 0 unspecified atom stereocenters. The minimum absolute atomic E-state index is 0.0976. The van der Waals surface area contributed by atoms with E-state index in [1.807, 2.05) is 0 Å². The minimum atomic E-state index is -0.948. The number of nitrogens with one attached hydrogen (secondary N) is 1. The van der Waals surface area contributed by atoms with Crippen LogP contribution in [0.15, 0.2) is 5.38 Å². The summed E-state index contributed by atoms with van der Waals surface area (Å²) in [4.78, 5) is 25.5. The average Bonchev–Trinajstić information content (AvgIpc) is 2.65. The lowest BCUT2D eigenvalue weighted by Crippen LogP contribution is -2.26. The van der Waals surface area contributed by atoms with Crippen LogP contribution in [0.3, 0.4) is 0 Å². The number of carboxylic acid groups (broad SMARTS) is 1. The molecular weight excluding hydrogens is 218 g/mol. The van der Waals surface area contributed by atoms with Crippen molar-refractivity contribution in [2.24, 2.45) is 5.73 Å². The lowest BCUT2D eigenvalue weighted by molar-refractivity contribution is -0.136. The summed E-state index contributed by atoms with van der Waals surface area (Å²) in [5, 5.41) is 13.1. The summed E-state index contributed by atoms with van der Waals surface area (Å²) in [7, 11) is 0. The number of aliphatic carboxylic acids is 1. The fraction of sp³-hybridized carbons (Fsp3) is 0.375. The van der Waals surface area contributed by atoms with Crippen LogP contribution in [0.2, 0.25) is 0 Å². The molecule has 0 saturated heterocycles. The highest BCUT2D eigenvalue weighted by Crippen LogP contribution is 2.08. The first-order chi connectivity index (χ1) is 7.13. The van der Waals surface area contributed by atoms with Gasteiger partial charge in [-0.2, -0.15) is 0 Å². The number of aromatic nitrogens is 1. The van der Waals surface area contributed by atoms with Crippen LogP contribution in [0.1, 0.15) is 21.9 Å². The van der Waals surface area contributed by atoms with E-state index in [2.05, 4.69) is 10.3 Å². The normalized spacial score (nSPS) is 9.93. The number of hydrogen-bond donors (Lipinski definition) is 3. The Morgan fingerprint density at radius 1 is 1.60 bits per heavy atom. The third-order valence-electron chi connectivity index (χ3n) is 1.58. The van der Waals surface area contributed by atoms with Crippen LogP contribution in [-0.4, -0.2) is 28.5 Å². The van der Waals surface area contributed by atoms with E-state index in [0.717, 1.165) is 0 Å². The predicted molar refractivity (Wildman–Crippen MR) is 54.6 cm³/mol. The SMILES string of the molecule is NCc1nc(C(=O)NCCC(=O)O)cs1. The molecule has 0 fully saturated rings. The molecule has 0 saturated carbocycles. The largest absolute Gasteiger partial charge is 0.481 e. The molecule has 82 valence electrons. The molecule has 0 aliphatic rings. The molecule has 0 aliphatic carbocycles. The predicted octanol–water partition coefficient (Wildman–Crippen LogP) is -0.194. The van der Waals surface area contributed by atoms with Crippen LogP contribution >= 0.6 is 11.3 Å². The van der Waals surface area contributed by atoms with Crippen molar-refractivity contribution < 1.29 is 14.7 Å². The second-order valence-electron chi connectivity index (χ2n) is 2.73. The molecule has 0 aliphatic heterocycles. The fourth-order valence-corrected chi connectivity index (χ4v) is 1.54. The number of amides is 1. The van der Waals surface area contributed by atoms with Gasteiger partial charge in [0.15, 0.2) is 0 Å². The molecule has 7 heteroatoms. The molecule has 1 rings (SSSR count). The molecule has 0 radical (unpaired) electrons. The average molecular weight is 229 g/mol. The van der Waals surface area contributed by atoms with Gasteiger partial charge in [0.1, 0.15) is 10.7 Å². The summed E-state index contributed by atoms with van der Waals surface area (Å²) in [6.07, 6.45) is -0.0976. The van der Waals surface area contributed by atoms with Gasteiger partial charge in [0.05, 0.1) is 6.42 Å². The van der Waals surface area contributed by atoms with Gasteiger partial charge in [0.2, 0.25) is 0 Å². The number of nitrogens with zero attached hydrogens (tertiary/aromatic N) is 1. The third-order valence-corrected chi connectivity index (χ3v) is 2.45. The second kappa shape index (κ2) is 5.42. The molecule has 1 amide bonds. The summed E-state index contributed by atoms with van der Waals surface area (Å²) < 4.78 is 0. The van der Waals surface area contributed by atoms with Crippen molar-refractivity contribution in [3.05, 3.63) is 16.1 Å². The monoisotopic (exact) mass is 229 g/mol. The first-order valence-corrected chi connectivity index (χ1v) is 5.16. The molecule has 1 aromatic rings. The Morgan fingerprint density at radius 2 is 2.33 bits per heavy atom. The van der Waals surface area contributed by atoms with Crippen LogP contribution in [0, 0.1) is 0 Å².